The van der Waals surface area contributed by atoms with Gasteiger partial charge in [-0.25, -0.2) is 0 Å². The maximum atomic E-state index is 4.70. The zero-order chi connectivity index (χ0) is 15.4. The lowest BCUT2D eigenvalue weighted by molar-refractivity contribution is 0.688. The number of allylic oxidation sites excluding steroid dienone is 3. The number of nitrogens with one attached hydrogen (secondary N) is 1. The zero-order valence-electron chi connectivity index (χ0n) is 13.4. The van der Waals surface area contributed by atoms with E-state index in [-0.39, 0.29) is 0 Å². The smallest absolute Gasteiger partial charge is 0.105 e. The number of rotatable bonds is 4. The summed E-state index contributed by atoms with van der Waals surface area (Å²) in [5.74, 6) is 2.65. The normalized spacial score (nSPS) is 21.1. The number of thioether (sulfide) groups is 1. The minimum absolute atomic E-state index is 0.432. The van der Waals surface area contributed by atoms with Gasteiger partial charge in [0.1, 0.15) is 5.84 Å². The van der Waals surface area contributed by atoms with Gasteiger partial charge in [-0.2, -0.15) is 0 Å². The van der Waals surface area contributed by atoms with E-state index in [0.29, 0.717) is 5.92 Å². The fourth-order valence-corrected chi connectivity index (χ4v) is 3.95. The van der Waals surface area contributed by atoms with E-state index in [2.05, 4.69) is 55.6 Å². The molecule has 1 unspecified atom stereocenters. The fraction of sp³-hybridized carbons (Fsp3) is 0.421. The van der Waals surface area contributed by atoms with Crippen LogP contribution in [0.1, 0.15) is 29.5 Å². The summed E-state index contributed by atoms with van der Waals surface area (Å²) in [5, 5.41) is 3.50. The number of amidine groups is 1. The van der Waals surface area contributed by atoms with Crippen molar-refractivity contribution in [2.24, 2.45) is 10.9 Å². The second kappa shape index (κ2) is 7.19. The van der Waals surface area contributed by atoms with E-state index in [4.69, 9.17) is 4.99 Å². The van der Waals surface area contributed by atoms with Crippen molar-refractivity contribution in [3.63, 3.8) is 0 Å². The van der Waals surface area contributed by atoms with Gasteiger partial charge >= 0.3 is 0 Å². The summed E-state index contributed by atoms with van der Waals surface area (Å²) in [6.45, 7) is 6.39. The van der Waals surface area contributed by atoms with Gasteiger partial charge in [-0.15, -0.1) is 11.8 Å². The zero-order valence-corrected chi connectivity index (χ0v) is 14.2. The van der Waals surface area contributed by atoms with Gasteiger partial charge in [0.05, 0.1) is 5.92 Å². The molecular formula is C19H24N2S. The third-order valence-corrected chi connectivity index (χ3v) is 5.57. The van der Waals surface area contributed by atoms with Gasteiger partial charge in [0.15, 0.2) is 0 Å². The molecule has 0 saturated carbocycles. The Balaban J connectivity index is 1.69. The molecule has 116 valence electrons. The maximum Gasteiger partial charge on any atom is 0.105 e. The van der Waals surface area contributed by atoms with Crippen LogP contribution in [-0.4, -0.2) is 18.9 Å². The molecule has 3 heteroatoms. The lowest BCUT2D eigenvalue weighted by Crippen LogP contribution is -2.36. The molecule has 1 aromatic carbocycles. The number of aliphatic imine (C=N–C) groups is 1. The van der Waals surface area contributed by atoms with Gasteiger partial charge in [-0.05, 0) is 48.3 Å². The summed E-state index contributed by atoms with van der Waals surface area (Å²) in [6, 6.07) is 6.79. The number of aryl methyl sites for hydroxylation is 2. The van der Waals surface area contributed by atoms with Gasteiger partial charge in [-0.1, -0.05) is 36.4 Å². The molecule has 22 heavy (non-hydrogen) atoms. The van der Waals surface area contributed by atoms with Crippen molar-refractivity contribution in [1.82, 2.24) is 5.32 Å². The van der Waals surface area contributed by atoms with Crippen molar-refractivity contribution in [3.05, 3.63) is 58.0 Å². The highest BCUT2D eigenvalue weighted by Gasteiger charge is 2.22. The third kappa shape index (κ3) is 3.64. The predicted molar refractivity (Wildman–Crippen MR) is 97.5 cm³/mol. The second-order valence-electron chi connectivity index (χ2n) is 6.04. The molecule has 1 heterocycles. The first kappa shape index (κ1) is 15.4. The lowest BCUT2D eigenvalue weighted by atomic mass is 9.98. The predicted octanol–water partition coefficient (Wildman–Crippen LogP) is 4.39. The average Bonchev–Trinajstić information content (AvgIpc) is 2.57. The van der Waals surface area contributed by atoms with Crippen LogP contribution >= 0.6 is 11.8 Å². The van der Waals surface area contributed by atoms with E-state index < -0.39 is 0 Å². The topological polar surface area (TPSA) is 24.4 Å². The van der Waals surface area contributed by atoms with Crippen LogP contribution in [0.2, 0.25) is 0 Å². The molecule has 1 aromatic rings. The average molecular weight is 312 g/mol. The van der Waals surface area contributed by atoms with Crippen LogP contribution in [0.15, 0.2) is 46.3 Å². The van der Waals surface area contributed by atoms with Crippen molar-refractivity contribution >= 4 is 17.6 Å². The largest absolute Gasteiger partial charge is 0.373 e. The minimum atomic E-state index is 0.432. The Morgan fingerprint density at radius 3 is 2.95 bits per heavy atom. The molecular weight excluding hydrogens is 288 g/mol. The van der Waals surface area contributed by atoms with Crippen LogP contribution in [0.4, 0.5) is 0 Å². The molecule has 1 atom stereocenters. The van der Waals surface area contributed by atoms with Gasteiger partial charge in [0.2, 0.25) is 0 Å². The SMILES string of the molecule is Cc1ccc(CSC2=CC=CCC2C2=NCCCN2)cc1C. The fourth-order valence-electron chi connectivity index (χ4n) is 2.85. The highest BCUT2D eigenvalue weighted by Crippen LogP contribution is 2.33. The lowest BCUT2D eigenvalue weighted by Gasteiger charge is -2.26. The quantitative estimate of drug-likeness (QED) is 0.892. The Morgan fingerprint density at radius 2 is 2.18 bits per heavy atom. The Hall–Kier alpha value is -1.48. The Bertz CT molecular complexity index is 628. The van der Waals surface area contributed by atoms with Crippen molar-refractivity contribution in [2.45, 2.75) is 32.4 Å². The number of hydrogen-bond acceptors (Lipinski definition) is 3. The summed E-state index contributed by atoms with van der Waals surface area (Å²) in [4.78, 5) is 6.14. The molecule has 0 radical (unpaired) electrons. The maximum absolute atomic E-state index is 4.70. The summed E-state index contributed by atoms with van der Waals surface area (Å²) in [7, 11) is 0. The van der Waals surface area contributed by atoms with E-state index in [9.17, 15) is 0 Å². The van der Waals surface area contributed by atoms with Crippen molar-refractivity contribution in [1.29, 1.82) is 0 Å². The van der Waals surface area contributed by atoms with Crippen molar-refractivity contribution in [3.8, 4) is 0 Å². The van der Waals surface area contributed by atoms with Gasteiger partial charge in [-0.3, -0.25) is 4.99 Å². The van der Waals surface area contributed by atoms with E-state index in [1.54, 1.807) is 0 Å². The van der Waals surface area contributed by atoms with E-state index >= 15 is 0 Å². The molecule has 1 aliphatic carbocycles. The molecule has 0 amide bonds. The standard InChI is InChI=1S/C19H24N2S/c1-14-8-9-16(12-15(14)2)13-22-18-7-4-3-6-17(18)19-20-10-5-11-21-19/h3-4,7-9,12,17H,5-6,10-11,13H2,1-2H3,(H,20,21). The van der Waals surface area contributed by atoms with Gasteiger partial charge < -0.3 is 5.32 Å². The second-order valence-corrected chi connectivity index (χ2v) is 7.09. The molecule has 0 saturated heterocycles. The monoisotopic (exact) mass is 312 g/mol. The van der Waals surface area contributed by atoms with Crippen LogP contribution in [0.5, 0.6) is 0 Å². The van der Waals surface area contributed by atoms with E-state index in [1.807, 2.05) is 11.8 Å². The first-order valence-corrected chi connectivity index (χ1v) is 9.06. The van der Waals surface area contributed by atoms with Crippen molar-refractivity contribution < 1.29 is 0 Å². The molecule has 2 aliphatic rings. The summed E-state index contributed by atoms with van der Waals surface area (Å²) in [6.07, 6.45) is 8.92. The van der Waals surface area contributed by atoms with Crippen LogP contribution < -0.4 is 5.32 Å². The van der Waals surface area contributed by atoms with E-state index in [0.717, 1.165) is 31.7 Å². The Morgan fingerprint density at radius 1 is 1.27 bits per heavy atom. The highest BCUT2D eigenvalue weighted by atomic mass is 32.2. The molecule has 0 aromatic heterocycles. The van der Waals surface area contributed by atoms with Crippen LogP contribution in [-0.2, 0) is 5.75 Å². The van der Waals surface area contributed by atoms with Crippen LogP contribution in [0, 0.1) is 19.8 Å². The van der Waals surface area contributed by atoms with Crippen LogP contribution in [0.25, 0.3) is 0 Å². The number of hydrogen-bond donors (Lipinski definition) is 1. The Labute approximate surface area is 137 Å². The number of nitrogens with zero attached hydrogens (tertiary/aromatic N) is 1. The molecule has 0 bridgehead atoms. The molecule has 3 rings (SSSR count). The third-order valence-electron chi connectivity index (χ3n) is 4.34. The summed E-state index contributed by atoms with van der Waals surface area (Å²) in [5.41, 5.74) is 4.15. The number of benzene rings is 1. The molecule has 0 fully saturated rings. The molecule has 0 spiro atoms. The summed E-state index contributed by atoms with van der Waals surface area (Å²) < 4.78 is 0. The molecule has 1 N–H and O–H groups in total. The van der Waals surface area contributed by atoms with Gasteiger partial charge in [0.25, 0.3) is 0 Å². The highest BCUT2D eigenvalue weighted by molar-refractivity contribution is 8.02. The molecule has 2 nitrogen and oxygen atoms in total. The van der Waals surface area contributed by atoms with Crippen LogP contribution in [0.3, 0.4) is 0 Å². The summed E-state index contributed by atoms with van der Waals surface area (Å²) >= 11 is 1.96. The molecule has 1 aliphatic heterocycles. The van der Waals surface area contributed by atoms with Crippen molar-refractivity contribution in [2.75, 3.05) is 13.1 Å². The van der Waals surface area contributed by atoms with Gasteiger partial charge in [0, 0.05) is 18.8 Å². The Kier molecular flexibility index (Phi) is 5.04. The van der Waals surface area contributed by atoms with E-state index in [1.165, 1.54) is 27.4 Å². The minimum Gasteiger partial charge on any atom is -0.373 e. The first-order valence-electron chi connectivity index (χ1n) is 8.08. The first-order chi connectivity index (χ1) is 10.7.